The fraction of sp³-hybridized carbons (Fsp3) is 0.444. The smallest absolute Gasteiger partial charge is 0.411 e. The van der Waals surface area contributed by atoms with Gasteiger partial charge in [0.15, 0.2) is 5.78 Å². The second-order valence-electron chi connectivity index (χ2n) is 10.0. The quantitative estimate of drug-likeness (QED) is 0.646. The number of piperazine rings is 1. The Morgan fingerprint density at radius 1 is 0.882 bits per heavy atom. The fourth-order valence-corrected chi connectivity index (χ4v) is 4.56. The molecule has 0 aliphatic carbocycles. The zero-order chi connectivity index (χ0) is 24.5. The second kappa shape index (κ2) is 9.49. The lowest BCUT2D eigenvalue weighted by molar-refractivity contribution is -0.137. The molecule has 7 nitrogen and oxygen atoms in total. The van der Waals surface area contributed by atoms with Crippen LogP contribution >= 0.6 is 0 Å². The first-order chi connectivity index (χ1) is 16.1. The minimum Gasteiger partial charge on any atom is -0.444 e. The van der Waals surface area contributed by atoms with Gasteiger partial charge in [-0.05, 0) is 63.1 Å². The molecule has 1 saturated heterocycles. The second-order valence-corrected chi connectivity index (χ2v) is 10.0. The van der Waals surface area contributed by atoms with Crippen LogP contribution in [0.3, 0.4) is 0 Å². The first-order valence-electron chi connectivity index (χ1n) is 11.8. The number of Topliss-reactive ketones (excluding diaryl/α,β-unsaturated/α-hetero) is 1. The van der Waals surface area contributed by atoms with Crippen LogP contribution in [0.2, 0.25) is 0 Å². The summed E-state index contributed by atoms with van der Waals surface area (Å²) in [7, 11) is 0. The van der Waals surface area contributed by atoms with E-state index in [4.69, 9.17) is 4.74 Å². The van der Waals surface area contributed by atoms with E-state index in [1.807, 2.05) is 74.2 Å². The Morgan fingerprint density at radius 2 is 1.50 bits per heavy atom. The maximum absolute atomic E-state index is 13.6. The molecule has 0 bridgehead atoms. The standard InChI is InChI=1S/C27H33N3O4/c1-19(31)20-9-11-23(12-10-20)28-13-15-29(16-14-28)25(32)24-17-21-7-5-6-8-22(21)18-30(24)26(33)34-27(2,3)4/h5-12,24H,13-18H2,1-4H3. The maximum atomic E-state index is 13.6. The molecule has 2 aliphatic rings. The average Bonchev–Trinajstić information content (AvgIpc) is 2.82. The summed E-state index contributed by atoms with van der Waals surface area (Å²) in [6.45, 7) is 9.97. The van der Waals surface area contributed by atoms with E-state index in [1.165, 1.54) is 0 Å². The minimum atomic E-state index is -0.634. The number of rotatable bonds is 3. The average molecular weight is 464 g/mol. The first-order valence-corrected chi connectivity index (χ1v) is 11.8. The summed E-state index contributed by atoms with van der Waals surface area (Å²) in [5.41, 5.74) is 3.25. The molecule has 7 heteroatoms. The molecule has 2 heterocycles. The predicted molar refractivity (Wildman–Crippen MR) is 131 cm³/mol. The highest BCUT2D eigenvalue weighted by Crippen LogP contribution is 2.27. The molecule has 2 aliphatic heterocycles. The summed E-state index contributed by atoms with van der Waals surface area (Å²) in [4.78, 5) is 43.9. The number of carbonyl (C=O) groups is 3. The molecule has 1 fully saturated rings. The number of fused-ring (bicyclic) bond motifs is 1. The number of anilines is 1. The number of hydrogen-bond acceptors (Lipinski definition) is 5. The van der Waals surface area contributed by atoms with E-state index < -0.39 is 17.7 Å². The number of hydrogen-bond donors (Lipinski definition) is 0. The van der Waals surface area contributed by atoms with E-state index in [0.717, 1.165) is 16.8 Å². The summed E-state index contributed by atoms with van der Waals surface area (Å²) in [5.74, 6) is 0.0116. The molecule has 1 unspecified atom stereocenters. The van der Waals surface area contributed by atoms with Gasteiger partial charge in [0.1, 0.15) is 11.6 Å². The monoisotopic (exact) mass is 463 g/mol. The molecule has 0 N–H and O–H groups in total. The van der Waals surface area contributed by atoms with Crippen LogP contribution in [-0.2, 0) is 22.5 Å². The topological polar surface area (TPSA) is 70.2 Å². The molecule has 2 aromatic carbocycles. The van der Waals surface area contributed by atoms with E-state index in [1.54, 1.807) is 11.8 Å². The van der Waals surface area contributed by atoms with Crippen LogP contribution in [0.1, 0.15) is 49.2 Å². The lowest BCUT2D eigenvalue weighted by Gasteiger charge is -2.42. The van der Waals surface area contributed by atoms with Gasteiger partial charge in [-0.2, -0.15) is 0 Å². The molecule has 0 aromatic heterocycles. The van der Waals surface area contributed by atoms with Crippen molar-refractivity contribution in [2.45, 2.75) is 52.3 Å². The van der Waals surface area contributed by atoms with Crippen molar-refractivity contribution in [3.63, 3.8) is 0 Å². The molecule has 1 atom stereocenters. The molecule has 2 amide bonds. The van der Waals surface area contributed by atoms with E-state index in [-0.39, 0.29) is 11.7 Å². The van der Waals surface area contributed by atoms with E-state index >= 15 is 0 Å². The van der Waals surface area contributed by atoms with Crippen molar-refractivity contribution in [2.75, 3.05) is 31.1 Å². The number of ketones is 1. The van der Waals surface area contributed by atoms with E-state index in [9.17, 15) is 14.4 Å². The Morgan fingerprint density at radius 3 is 2.09 bits per heavy atom. The van der Waals surface area contributed by atoms with Gasteiger partial charge in [0, 0.05) is 43.9 Å². The van der Waals surface area contributed by atoms with Gasteiger partial charge < -0.3 is 14.5 Å². The van der Waals surface area contributed by atoms with E-state index in [2.05, 4.69) is 4.90 Å². The minimum absolute atomic E-state index is 0.0352. The molecule has 0 saturated carbocycles. The maximum Gasteiger partial charge on any atom is 0.411 e. The summed E-state index contributed by atoms with van der Waals surface area (Å²) < 4.78 is 5.65. The zero-order valence-corrected chi connectivity index (χ0v) is 20.4. The molecule has 34 heavy (non-hydrogen) atoms. The Balaban J connectivity index is 1.47. The number of carbonyl (C=O) groups excluding carboxylic acids is 3. The third-order valence-electron chi connectivity index (χ3n) is 6.39. The Labute approximate surface area is 201 Å². The molecule has 0 spiro atoms. The largest absolute Gasteiger partial charge is 0.444 e. The third-order valence-corrected chi connectivity index (χ3v) is 6.39. The van der Waals surface area contributed by atoms with Crippen molar-refractivity contribution in [3.05, 3.63) is 65.2 Å². The zero-order valence-electron chi connectivity index (χ0n) is 20.4. The van der Waals surface area contributed by atoms with Gasteiger partial charge in [-0.25, -0.2) is 4.79 Å². The summed E-state index contributed by atoms with van der Waals surface area (Å²) in [6.07, 6.45) is 0.0330. The lowest BCUT2D eigenvalue weighted by atomic mass is 9.93. The van der Waals surface area contributed by atoms with Crippen LogP contribution in [0.25, 0.3) is 0 Å². The molecular weight excluding hydrogens is 430 g/mol. The van der Waals surface area contributed by atoms with Gasteiger partial charge in [0.2, 0.25) is 5.91 Å². The summed E-state index contributed by atoms with van der Waals surface area (Å²) >= 11 is 0. The molecule has 180 valence electrons. The van der Waals surface area contributed by atoms with Crippen LogP contribution in [0.15, 0.2) is 48.5 Å². The van der Waals surface area contributed by atoms with Crippen molar-refractivity contribution in [1.29, 1.82) is 0 Å². The Hall–Kier alpha value is -3.35. The van der Waals surface area contributed by atoms with Crippen LogP contribution in [0, 0.1) is 0 Å². The van der Waals surface area contributed by atoms with Crippen molar-refractivity contribution in [1.82, 2.24) is 9.80 Å². The Bertz CT molecular complexity index is 1070. The highest BCUT2D eigenvalue weighted by Gasteiger charge is 2.39. The van der Waals surface area contributed by atoms with Gasteiger partial charge in [-0.1, -0.05) is 24.3 Å². The molecule has 0 radical (unpaired) electrons. The van der Waals surface area contributed by atoms with Gasteiger partial charge >= 0.3 is 6.09 Å². The van der Waals surface area contributed by atoms with Crippen LogP contribution in [-0.4, -0.2) is 65.4 Å². The van der Waals surface area contributed by atoms with Crippen molar-refractivity contribution in [3.8, 4) is 0 Å². The van der Waals surface area contributed by atoms with Crippen molar-refractivity contribution in [2.24, 2.45) is 0 Å². The first kappa shape index (κ1) is 23.8. The number of ether oxygens (including phenoxy) is 1. The van der Waals surface area contributed by atoms with Gasteiger partial charge in [0.05, 0.1) is 6.54 Å². The number of benzene rings is 2. The predicted octanol–water partition coefficient (Wildman–Crippen LogP) is 3.90. The number of nitrogens with zero attached hydrogens (tertiary/aromatic N) is 3. The summed E-state index contributed by atoms with van der Waals surface area (Å²) in [5, 5.41) is 0. The lowest BCUT2D eigenvalue weighted by Crippen LogP contribution is -2.58. The summed E-state index contributed by atoms with van der Waals surface area (Å²) in [6, 6.07) is 15.0. The molecule has 2 aromatic rings. The molecular formula is C27H33N3O4. The molecule has 4 rings (SSSR count). The number of amides is 2. The van der Waals surface area contributed by atoms with Crippen LogP contribution < -0.4 is 4.90 Å². The highest BCUT2D eigenvalue weighted by molar-refractivity contribution is 5.94. The highest BCUT2D eigenvalue weighted by atomic mass is 16.6. The fourth-order valence-electron chi connectivity index (χ4n) is 4.56. The normalized spacial score (nSPS) is 18.4. The van der Waals surface area contributed by atoms with Gasteiger partial charge in [-0.3, -0.25) is 14.5 Å². The van der Waals surface area contributed by atoms with Gasteiger partial charge in [0.25, 0.3) is 0 Å². The third kappa shape index (κ3) is 5.24. The Kier molecular flexibility index (Phi) is 6.64. The van der Waals surface area contributed by atoms with Crippen molar-refractivity contribution < 1.29 is 19.1 Å². The van der Waals surface area contributed by atoms with Crippen LogP contribution in [0.5, 0.6) is 0 Å². The van der Waals surface area contributed by atoms with Crippen molar-refractivity contribution >= 4 is 23.5 Å². The van der Waals surface area contributed by atoms with E-state index in [0.29, 0.717) is 44.7 Å². The van der Waals surface area contributed by atoms with Crippen LogP contribution in [0.4, 0.5) is 10.5 Å². The van der Waals surface area contributed by atoms with Gasteiger partial charge in [-0.15, -0.1) is 0 Å². The SMILES string of the molecule is CC(=O)c1ccc(N2CCN(C(=O)C3Cc4ccccc4CN3C(=O)OC(C)(C)C)CC2)cc1.